The average Bonchev–Trinajstić information content (AvgIpc) is 2.27. The van der Waals surface area contributed by atoms with E-state index in [9.17, 15) is 0 Å². The summed E-state index contributed by atoms with van der Waals surface area (Å²) in [5.74, 6) is 1.73. The Balaban J connectivity index is 2.50. The number of hydrogen-bond donors (Lipinski definition) is 0. The van der Waals surface area contributed by atoms with Crippen LogP contribution in [0.4, 0.5) is 0 Å². The van der Waals surface area contributed by atoms with Crippen molar-refractivity contribution in [3.8, 4) is 17.6 Å². The second-order valence-corrected chi connectivity index (χ2v) is 3.73. The predicted octanol–water partition coefficient (Wildman–Crippen LogP) is 2.43. The van der Waals surface area contributed by atoms with Crippen LogP contribution in [-0.4, -0.2) is 14.2 Å². The summed E-state index contributed by atoms with van der Waals surface area (Å²) in [5, 5.41) is 8.97. The van der Waals surface area contributed by atoms with Gasteiger partial charge in [0.25, 0.3) is 0 Å². The molecule has 2 unspecified atom stereocenters. The lowest BCUT2D eigenvalue weighted by Crippen LogP contribution is -2.20. The standard InChI is InChI=1S/C12H13NO2/c1-7-8-4-11(14-2)12(15-3)5-9(8)10(7)6-13/h4-5,7,10H,1-3H3. The van der Waals surface area contributed by atoms with Crippen LogP contribution in [0.5, 0.6) is 11.5 Å². The number of rotatable bonds is 2. The lowest BCUT2D eigenvalue weighted by atomic mass is 9.69. The van der Waals surface area contributed by atoms with Crippen LogP contribution >= 0.6 is 0 Å². The molecule has 0 amide bonds. The SMILES string of the molecule is COc1cc2c(cc1OC)C(C#N)C2C. The molecule has 78 valence electrons. The quantitative estimate of drug-likeness (QED) is 0.741. The number of ether oxygens (including phenoxy) is 2. The molecule has 0 saturated carbocycles. The lowest BCUT2D eigenvalue weighted by Gasteiger charge is -2.33. The van der Waals surface area contributed by atoms with Crippen molar-refractivity contribution in [2.45, 2.75) is 18.8 Å². The third kappa shape index (κ3) is 1.25. The van der Waals surface area contributed by atoms with Gasteiger partial charge in [0.05, 0.1) is 26.2 Å². The summed E-state index contributed by atoms with van der Waals surface area (Å²) < 4.78 is 10.4. The summed E-state index contributed by atoms with van der Waals surface area (Å²) in [6, 6.07) is 6.17. The molecule has 0 spiro atoms. The molecule has 3 nitrogen and oxygen atoms in total. The van der Waals surface area contributed by atoms with E-state index >= 15 is 0 Å². The van der Waals surface area contributed by atoms with Gasteiger partial charge in [-0.2, -0.15) is 5.26 Å². The van der Waals surface area contributed by atoms with E-state index in [0.717, 1.165) is 11.3 Å². The Morgan fingerprint density at radius 2 is 1.67 bits per heavy atom. The number of hydrogen-bond acceptors (Lipinski definition) is 3. The van der Waals surface area contributed by atoms with Gasteiger partial charge in [0.2, 0.25) is 0 Å². The van der Waals surface area contributed by atoms with Crippen LogP contribution in [-0.2, 0) is 0 Å². The van der Waals surface area contributed by atoms with Crippen LogP contribution in [0.3, 0.4) is 0 Å². The Morgan fingerprint density at radius 3 is 2.13 bits per heavy atom. The molecule has 1 aliphatic carbocycles. The summed E-state index contributed by atoms with van der Waals surface area (Å²) in [6.07, 6.45) is 0. The molecule has 2 atom stereocenters. The summed E-state index contributed by atoms with van der Waals surface area (Å²) >= 11 is 0. The van der Waals surface area contributed by atoms with E-state index in [1.54, 1.807) is 14.2 Å². The van der Waals surface area contributed by atoms with E-state index in [1.807, 2.05) is 12.1 Å². The minimum atomic E-state index is -0.000180. The molecule has 15 heavy (non-hydrogen) atoms. The Hall–Kier alpha value is -1.69. The number of fused-ring (bicyclic) bond motifs is 1. The van der Waals surface area contributed by atoms with Gasteiger partial charge in [-0.05, 0) is 23.3 Å². The zero-order valence-electron chi connectivity index (χ0n) is 9.07. The van der Waals surface area contributed by atoms with Gasteiger partial charge >= 0.3 is 0 Å². The van der Waals surface area contributed by atoms with Gasteiger partial charge in [-0.15, -0.1) is 0 Å². The van der Waals surface area contributed by atoms with Crippen LogP contribution in [0, 0.1) is 11.3 Å². The third-order valence-corrected chi connectivity index (χ3v) is 3.05. The summed E-state index contributed by atoms with van der Waals surface area (Å²) in [6.45, 7) is 2.06. The second kappa shape index (κ2) is 3.47. The number of benzene rings is 1. The van der Waals surface area contributed by atoms with E-state index in [0.29, 0.717) is 11.7 Å². The van der Waals surface area contributed by atoms with Gasteiger partial charge in [-0.3, -0.25) is 0 Å². The normalized spacial score (nSPS) is 22.3. The van der Waals surface area contributed by atoms with Crippen molar-refractivity contribution in [1.29, 1.82) is 5.26 Å². The van der Waals surface area contributed by atoms with E-state index in [2.05, 4.69) is 13.0 Å². The Kier molecular flexibility index (Phi) is 2.28. The molecule has 0 radical (unpaired) electrons. The summed E-state index contributed by atoms with van der Waals surface area (Å²) in [4.78, 5) is 0. The molecule has 0 fully saturated rings. The monoisotopic (exact) mass is 203 g/mol. The fourth-order valence-corrected chi connectivity index (χ4v) is 2.11. The topological polar surface area (TPSA) is 42.2 Å². The maximum absolute atomic E-state index is 8.97. The Bertz CT molecular complexity index is 434. The van der Waals surface area contributed by atoms with Gasteiger partial charge in [0, 0.05) is 5.92 Å². The molecule has 1 aliphatic rings. The molecular weight excluding hydrogens is 190 g/mol. The average molecular weight is 203 g/mol. The smallest absolute Gasteiger partial charge is 0.161 e. The van der Waals surface area contributed by atoms with E-state index < -0.39 is 0 Å². The van der Waals surface area contributed by atoms with Gasteiger partial charge in [-0.25, -0.2) is 0 Å². The highest BCUT2D eigenvalue weighted by Crippen LogP contribution is 2.49. The molecule has 3 heteroatoms. The van der Waals surface area contributed by atoms with Crippen LogP contribution in [0.1, 0.15) is 29.9 Å². The van der Waals surface area contributed by atoms with Crippen molar-refractivity contribution in [3.63, 3.8) is 0 Å². The highest BCUT2D eigenvalue weighted by atomic mass is 16.5. The molecular formula is C12H13NO2. The first-order valence-corrected chi connectivity index (χ1v) is 4.88. The molecule has 1 aromatic rings. The highest BCUT2D eigenvalue weighted by Gasteiger charge is 2.35. The Morgan fingerprint density at radius 1 is 1.13 bits per heavy atom. The van der Waals surface area contributed by atoms with Gasteiger partial charge < -0.3 is 9.47 Å². The fraction of sp³-hybridized carbons (Fsp3) is 0.417. The first-order chi connectivity index (χ1) is 7.22. The minimum absolute atomic E-state index is 0.000180. The maximum Gasteiger partial charge on any atom is 0.161 e. The molecule has 0 N–H and O–H groups in total. The van der Waals surface area contributed by atoms with Crippen LogP contribution in [0.25, 0.3) is 0 Å². The summed E-state index contributed by atoms with van der Waals surface area (Å²) in [7, 11) is 3.23. The van der Waals surface area contributed by atoms with E-state index in [-0.39, 0.29) is 5.92 Å². The molecule has 0 aromatic heterocycles. The first kappa shape index (κ1) is 9.85. The first-order valence-electron chi connectivity index (χ1n) is 4.88. The zero-order chi connectivity index (χ0) is 11.0. The minimum Gasteiger partial charge on any atom is -0.493 e. The molecule has 0 heterocycles. The van der Waals surface area contributed by atoms with Crippen LogP contribution in [0.15, 0.2) is 12.1 Å². The molecule has 0 saturated heterocycles. The number of nitrogens with zero attached hydrogens (tertiary/aromatic N) is 1. The molecule has 0 aliphatic heterocycles. The maximum atomic E-state index is 8.97. The van der Waals surface area contributed by atoms with E-state index in [4.69, 9.17) is 14.7 Å². The van der Waals surface area contributed by atoms with Crippen molar-refractivity contribution in [2.75, 3.05) is 14.2 Å². The van der Waals surface area contributed by atoms with Crippen molar-refractivity contribution in [2.24, 2.45) is 0 Å². The van der Waals surface area contributed by atoms with Crippen molar-refractivity contribution in [1.82, 2.24) is 0 Å². The van der Waals surface area contributed by atoms with Crippen LogP contribution in [0.2, 0.25) is 0 Å². The van der Waals surface area contributed by atoms with E-state index in [1.165, 1.54) is 5.56 Å². The lowest BCUT2D eigenvalue weighted by molar-refractivity contribution is 0.351. The third-order valence-electron chi connectivity index (χ3n) is 3.05. The summed E-state index contributed by atoms with van der Waals surface area (Å²) in [5.41, 5.74) is 2.27. The number of methoxy groups -OCH3 is 2. The van der Waals surface area contributed by atoms with Crippen LogP contribution < -0.4 is 9.47 Å². The second-order valence-electron chi connectivity index (χ2n) is 3.73. The predicted molar refractivity (Wildman–Crippen MR) is 56.3 cm³/mol. The van der Waals surface area contributed by atoms with Crippen molar-refractivity contribution < 1.29 is 9.47 Å². The zero-order valence-corrected chi connectivity index (χ0v) is 9.07. The number of nitriles is 1. The van der Waals surface area contributed by atoms with Gasteiger partial charge in [0.15, 0.2) is 11.5 Å². The van der Waals surface area contributed by atoms with Gasteiger partial charge in [0.1, 0.15) is 0 Å². The highest BCUT2D eigenvalue weighted by molar-refractivity contribution is 5.57. The van der Waals surface area contributed by atoms with Crippen molar-refractivity contribution >= 4 is 0 Å². The van der Waals surface area contributed by atoms with Crippen molar-refractivity contribution in [3.05, 3.63) is 23.3 Å². The molecule has 0 bridgehead atoms. The van der Waals surface area contributed by atoms with Gasteiger partial charge in [-0.1, -0.05) is 6.92 Å². The molecule has 1 aromatic carbocycles. The largest absolute Gasteiger partial charge is 0.493 e. The Labute approximate surface area is 89.2 Å². The molecule has 2 rings (SSSR count). The fourth-order valence-electron chi connectivity index (χ4n) is 2.11.